The fraction of sp³-hybridized carbons (Fsp3) is 0.182. The SMILES string of the molecule is COc1ccc([C@@H]2C=C3c4ccc5ccccc5c4OC(=O)[C@@H]3[C@H]3C(=O)N(c4ccc(OC)cc4[N+](=O)[O-])C(=O)[C@H]32)cc1. The van der Waals surface area contributed by atoms with E-state index in [-0.39, 0.29) is 11.4 Å². The van der Waals surface area contributed by atoms with E-state index in [0.29, 0.717) is 22.6 Å². The van der Waals surface area contributed by atoms with E-state index in [1.165, 1.54) is 25.3 Å². The molecule has 0 N–H and O–H groups in total. The van der Waals surface area contributed by atoms with Crippen molar-refractivity contribution in [2.75, 3.05) is 19.1 Å². The standard InChI is InChI=1S/C33H24N2O8/c1-41-19-10-7-18(8-11-19)23-16-24-22-13-9-17-5-3-4-6-21(17)30(22)43-33(38)28(24)29-27(23)31(36)34(32(29)37)25-14-12-20(42-2)15-26(25)35(39)40/h3-16,23,27-29H,1-2H3/t23-,27-,28-,29-/m0/s1. The van der Waals surface area contributed by atoms with Gasteiger partial charge >= 0.3 is 5.97 Å². The van der Waals surface area contributed by atoms with E-state index in [1.807, 2.05) is 54.6 Å². The molecule has 4 atom stereocenters. The molecule has 0 unspecified atom stereocenters. The summed E-state index contributed by atoms with van der Waals surface area (Å²) in [5, 5.41) is 13.7. The van der Waals surface area contributed by atoms with Gasteiger partial charge in [-0.05, 0) is 40.8 Å². The number of hydrogen-bond acceptors (Lipinski definition) is 8. The maximum absolute atomic E-state index is 14.3. The third-order valence-electron chi connectivity index (χ3n) is 8.61. The molecule has 1 fully saturated rings. The summed E-state index contributed by atoms with van der Waals surface area (Å²) in [5.74, 6) is -4.61. The number of amides is 2. The molecule has 1 aliphatic carbocycles. The predicted molar refractivity (Wildman–Crippen MR) is 156 cm³/mol. The lowest BCUT2D eigenvalue weighted by Gasteiger charge is -2.38. The molecule has 10 heteroatoms. The lowest BCUT2D eigenvalue weighted by molar-refractivity contribution is -0.384. The molecule has 2 heterocycles. The van der Waals surface area contributed by atoms with Crippen LogP contribution in [0, 0.1) is 27.9 Å². The van der Waals surface area contributed by atoms with Crippen LogP contribution in [-0.2, 0) is 14.4 Å². The fourth-order valence-corrected chi connectivity index (χ4v) is 6.64. The summed E-state index contributed by atoms with van der Waals surface area (Å²) in [6.45, 7) is 0. The highest BCUT2D eigenvalue weighted by molar-refractivity contribution is 6.25. The summed E-state index contributed by atoms with van der Waals surface area (Å²) >= 11 is 0. The molecule has 3 aliphatic rings. The Labute approximate surface area is 245 Å². The van der Waals surface area contributed by atoms with Crippen molar-refractivity contribution >= 4 is 45.5 Å². The Bertz CT molecular complexity index is 1900. The van der Waals surface area contributed by atoms with Crippen LogP contribution in [0.25, 0.3) is 16.3 Å². The third kappa shape index (κ3) is 3.90. The lowest BCUT2D eigenvalue weighted by Crippen LogP contribution is -2.42. The molecule has 0 radical (unpaired) electrons. The number of nitro groups is 1. The van der Waals surface area contributed by atoms with E-state index in [0.717, 1.165) is 21.2 Å². The Balaban J connectivity index is 1.43. The molecule has 0 saturated carbocycles. The van der Waals surface area contributed by atoms with E-state index < -0.39 is 52.1 Å². The lowest BCUT2D eigenvalue weighted by atomic mass is 9.64. The zero-order valence-corrected chi connectivity index (χ0v) is 23.1. The molecule has 2 aliphatic heterocycles. The van der Waals surface area contributed by atoms with Gasteiger partial charge in [0.05, 0.1) is 43.0 Å². The van der Waals surface area contributed by atoms with Crippen molar-refractivity contribution in [3.63, 3.8) is 0 Å². The summed E-state index contributed by atoms with van der Waals surface area (Å²) in [4.78, 5) is 54.5. The van der Waals surface area contributed by atoms with Crippen LogP contribution < -0.4 is 19.1 Å². The zero-order chi connectivity index (χ0) is 30.0. The number of nitrogens with zero attached hydrogens (tertiary/aromatic N) is 2. The van der Waals surface area contributed by atoms with Gasteiger partial charge in [-0.3, -0.25) is 24.5 Å². The fourth-order valence-electron chi connectivity index (χ4n) is 6.64. The predicted octanol–water partition coefficient (Wildman–Crippen LogP) is 5.29. The normalized spacial score (nSPS) is 22.3. The van der Waals surface area contributed by atoms with Gasteiger partial charge in [-0.25, -0.2) is 4.90 Å². The van der Waals surface area contributed by atoms with Crippen LogP contribution in [0.15, 0.2) is 84.9 Å². The minimum Gasteiger partial charge on any atom is -0.497 e. The Hall–Kier alpha value is -5.51. The summed E-state index contributed by atoms with van der Waals surface area (Å²) in [5.41, 5.74) is 1.34. The van der Waals surface area contributed by atoms with Crippen molar-refractivity contribution in [3.05, 3.63) is 106 Å². The van der Waals surface area contributed by atoms with Crippen molar-refractivity contribution in [1.29, 1.82) is 0 Å². The number of hydrogen-bond donors (Lipinski definition) is 0. The molecular formula is C33H24N2O8. The maximum Gasteiger partial charge on any atom is 0.319 e. The van der Waals surface area contributed by atoms with Crippen LogP contribution in [0.4, 0.5) is 11.4 Å². The van der Waals surface area contributed by atoms with Gasteiger partial charge in [-0.1, -0.05) is 54.6 Å². The second-order valence-electron chi connectivity index (χ2n) is 10.7. The number of ether oxygens (including phenoxy) is 3. The number of nitro benzene ring substituents is 1. The molecule has 0 aromatic heterocycles. The van der Waals surface area contributed by atoms with Gasteiger partial charge in [0.25, 0.3) is 5.69 Å². The summed E-state index contributed by atoms with van der Waals surface area (Å²) < 4.78 is 16.4. The first-order valence-corrected chi connectivity index (χ1v) is 13.6. The first kappa shape index (κ1) is 26.4. The van der Waals surface area contributed by atoms with E-state index in [2.05, 4.69) is 0 Å². The average molecular weight is 577 g/mol. The zero-order valence-electron chi connectivity index (χ0n) is 23.1. The van der Waals surface area contributed by atoms with Crippen LogP contribution in [0.2, 0.25) is 0 Å². The van der Waals surface area contributed by atoms with Crippen molar-refractivity contribution in [2.24, 2.45) is 17.8 Å². The van der Waals surface area contributed by atoms with E-state index in [1.54, 1.807) is 19.2 Å². The number of fused-ring (bicyclic) bond motifs is 7. The first-order chi connectivity index (χ1) is 20.8. The highest BCUT2D eigenvalue weighted by Gasteiger charge is 2.61. The van der Waals surface area contributed by atoms with Crippen LogP contribution in [0.3, 0.4) is 0 Å². The van der Waals surface area contributed by atoms with E-state index in [4.69, 9.17) is 14.2 Å². The number of allylic oxidation sites excluding steroid dienone is 1. The molecule has 10 nitrogen and oxygen atoms in total. The number of carbonyl (C=O) groups is 3. The quantitative estimate of drug-likeness (QED) is 0.103. The number of anilines is 1. The van der Waals surface area contributed by atoms with Gasteiger partial charge in [-0.2, -0.15) is 0 Å². The molecule has 0 spiro atoms. The molecular weight excluding hydrogens is 552 g/mol. The van der Waals surface area contributed by atoms with Crippen molar-refractivity contribution in [1.82, 2.24) is 0 Å². The van der Waals surface area contributed by atoms with E-state index in [9.17, 15) is 24.5 Å². The molecule has 214 valence electrons. The first-order valence-electron chi connectivity index (χ1n) is 13.6. The largest absolute Gasteiger partial charge is 0.497 e. The summed E-state index contributed by atoms with van der Waals surface area (Å²) in [6.07, 6.45) is 1.87. The molecule has 4 aromatic carbocycles. The Morgan fingerprint density at radius 2 is 1.53 bits per heavy atom. The van der Waals surface area contributed by atoms with Gasteiger partial charge in [0.2, 0.25) is 11.8 Å². The van der Waals surface area contributed by atoms with Gasteiger partial charge in [0.15, 0.2) is 0 Å². The van der Waals surface area contributed by atoms with Crippen LogP contribution in [0.5, 0.6) is 17.2 Å². The number of methoxy groups -OCH3 is 2. The van der Waals surface area contributed by atoms with Crippen molar-refractivity contribution in [2.45, 2.75) is 5.92 Å². The van der Waals surface area contributed by atoms with Gasteiger partial charge in [0.1, 0.15) is 22.9 Å². The molecule has 4 aromatic rings. The second kappa shape index (κ2) is 9.80. The number of carbonyl (C=O) groups excluding carboxylic acids is 3. The van der Waals surface area contributed by atoms with Gasteiger partial charge in [-0.15, -0.1) is 0 Å². The molecule has 2 amide bonds. The summed E-state index contributed by atoms with van der Waals surface area (Å²) in [6, 6.07) is 22.4. The van der Waals surface area contributed by atoms with Crippen molar-refractivity contribution < 1.29 is 33.5 Å². The highest BCUT2D eigenvalue weighted by atomic mass is 16.6. The van der Waals surface area contributed by atoms with Gasteiger partial charge in [0, 0.05) is 16.9 Å². The molecule has 43 heavy (non-hydrogen) atoms. The minimum absolute atomic E-state index is 0.180. The number of benzene rings is 4. The molecule has 7 rings (SSSR count). The Morgan fingerprint density at radius 3 is 2.26 bits per heavy atom. The smallest absolute Gasteiger partial charge is 0.319 e. The number of imide groups is 1. The monoisotopic (exact) mass is 576 g/mol. The van der Waals surface area contributed by atoms with E-state index >= 15 is 0 Å². The average Bonchev–Trinajstić information content (AvgIpc) is 3.29. The van der Waals surface area contributed by atoms with Crippen LogP contribution in [0.1, 0.15) is 17.0 Å². The topological polar surface area (TPSA) is 125 Å². The Kier molecular flexibility index (Phi) is 6.01. The highest BCUT2D eigenvalue weighted by Crippen LogP contribution is 2.56. The minimum atomic E-state index is -1.14. The van der Waals surface area contributed by atoms with Crippen LogP contribution in [-0.4, -0.2) is 36.9 Å². The second-order valence-corrected chi connectivity index (χ2v) is 10.7. The Morgan fingerprint density at radius 1 is 0.837 bits per heavy atom. The molecule has 1 saturated heterocycles. The number of esters is 1. The van der Waals surface area contributed by atoms with Crippen LogP contribution >= 0.6 is 0 Å². The van der Waals surface area contributed by atoms with Crippen molar-refractivity contribution in [3.8, 4) is 17.2 Å². The maximum atomic E-state index is 14.3. The number of rotatable bonds is 5. The summed E-state index contributed by atoms with van der Waals surface area (Å²) in [7, 11) is 2.91. The van der Waals surface area contributed by atoms with Gasteiger partial charge < -0.3 is 14.2 Å². The molecule has 0 bridgehead atoms. The third-order valence-corrected chi connectivity index (χ3v) is 8.61.